The number of hydrogen-bond donors (Lipinski definition) is 0. The van der Waals surface area contributed by atoms with Gasteiger partial charge < -0.3 is 4.74 Å². The first-order valence-electron chi connectivity index (χ1n) is 6.29. The average molecular weight is 212 g/mol. The molecule has 1 nitrogen and oxygen atoms in total. The molecule has 1 rings (SSSR count). The van der Waals surface area contributed by atoms with E-state index in [0.717, 1.165) is 12.5 Å². The zero-order valence-corrected chi connectivity index (χ0v) is 11.4. The summed E-state index contributed by atoms with van der Waals surface area (Å²) < 4.78 is 5.89. The summed E-state index contributed by atoms with van der Waals surface area (Å²) in [5, 5.41) is 0. The molecule has 0 aromatic heterocycles. The summed E-state index contributed by atoms with van der Waals surface area (Å²) in [6.45, 7) is 14.9. The van der Waals surface area contributed by atoms with Gasteiger partial charge >= 0.3 is 0 Å². The lowest BCUT2D eigenvalue weighted by atomic mass is 9.77. The van der Waals surface area contributed by atoms with E-state index >= 15 is 0 Å². The third-order valence-corrected chi connectivity index (χ3v) is 3.03. The predicted molar refractivity (Wildman–Crippen MR) is 66.0 cm³/mol. The van der Waals surface area contributed by atoms with Gasteiger partial charge in [-0.1, -0.05) is 41.5 Å². The van der Waals surface area contributed by atoms with E-state index in [-0.39, 0.29) is 0 Å². The van der Waals surface area contributed by atoms with Crippen LogP contribution in [0.15, 0.2) is 0 Å². The minimum absolute atomic E-state index is 0.394. The third kappa shape index (κ3) is 5.01. The van der Waals surface area contributed by atoms with E-state index < -0.39 is 0 Å². The van der Waals surface area contributed by atoms with Crippen molar-refractivity contribution in [3.8, 4) is 0 Å². The van der Waals surface area contributed by atoms with Crippen LogP contribution in [-0.2, 0) is 4.74 Å². The van der Waals surface area contributed by atoms with Crippen LogP contribution in [0.2, 0.25) is 0 Å². The maximum atomic E-state index is 5.89. The second-order valence-electron chi connectivity index (χ2n) is 7.49. The van der Waals surface area contributed by atoms with Crippen molar-refractivity contribution < 1.29 is 4.74 Å². The fraction of sp³-hybridized carbons (Fsp3) is 1.00. The summed E-state index contributed by atoms with van der Waals surface area (Å²) in [5.74, 6) is 0.782. The lowest BCUT2D eigenvalue weighted by Gasteiger charge is -2.30. The van der Waals surface area contributed by atoms with Gasteiger partial charge in [0.15, 0.2) is 0 Å². The van der Waals surface area contributed by atoms with Crippen LogP contribution in [0.5, 0.6) is 0 Å². The molecule has 0 bridgehead atoms. The molecule has 0 amide bonds. The summed E-state index contributed by atoms with van der Waals surface area (Å²) >= 11 is 0. The molecule has 0 N–H and O–H groups in total. The Labute approximate surface area is 95.6 Å². The molecule has 90 valence electrons. The van der Waals surface area contributed by atoms with Gasteiger partial charge in [0.25, 0.3) is 0 Å². The Hall–Kier alpha value is -0.0400. The smallest absolute Gasteiger partial charge is 0.0609 e. The van der Waals surface area contributed by atoms with Gasteiger partial charge in [0.1, 0.15) is 0 Å². The Bertz CT molecular complexity index is 172. The van der Waals surface area contributed by atoms with Crippen molar-refractivity contribution in [3.05, 3.63) is 0 Å². The van der Waals surface area contributed by atoms with Crippen molar-refractivity contribution in [1.29, 1.82) is 0 Å². The van der Waals surface area contributed by atoms with Crippen molar-refractivity contribution in [2.24, 2.45) is 16.7 Å². The highest BCUT2D eigenvalue weighted by Crippen LogP contribution is 2.37. The van der Waals surface area contributed by atoms with Crippen LogP contribution in [0.1, 0.15) is 60.8 Å². The minimum atomic E-state index is 0.394. The maximum Gasteiger partial charge on any atom is 0.0609 e. The Morgan fingerprint density at radius 1 is 0.933 bits per heavy atom. The van der Waals surface area contributed by atoms with Gasteiger partial charge in [-0.25, -0.2) is 0 Å². The zero-order chi connectivity index (χ0) is 11.7. The van der Waals surface area contributed by atoms with E-state index in [4.69, 9.17) is 4.74 Å². The Balaban J connectivity index is 2.50. The summed E-state index contributed by atoms with van der Waals surface area (Å²) in [7, 11) is 0. The standard InChI is InChI=1S/C14H28O/c1-13(2,3)9-11-7-8-15-12(11)10-14(4,5)6/h11-12H,7-10H2,1-6H3/t11-,12-/m1/s1. The summed E-state index contributed by atoms with van der Waals surface area (Å²) in [6.07, 6.45) is 4.27. The molecule has 1 heterocycles. The van der Waals surface area contributed by atoms with Crippen molar-refractivity contribution in [2.75, 3.05) is 6.61 Å². The van der Waals surface area contributed by atoms with E-state index in [1.54, 1.807) is 0 Å². The van der Waals surface area contributed by atoms with Gasteiger partial charge in [-0.3, -0.25) is 0 Å². The molecule has 1 fully saturated rings. The molecular weight excluding hydrogens is 184 g/mol. The van der Waals surface area contributed by atoms with E-state index in [0.29, 0.717) is 16.9 Å². The van der Waals surface area contributed by atoms with Crippen LogP contribution in [0, 0.1) is 16.7 Å². The van der Waals surface area contributed by atoms with Gasteiger partial charge in [-0.05, 0) is 36.0 Å². The number of rotatable bonds is 2. The van der Waals surface area contributed by atoms with Crippen molar-refractivity contribution >= 4 is 0 Å². The topological polar surface area (TPSA) is 9.23 Å². The van der Waals surface area contributed by atoms with Gasteiger partial charge in [-0.2, -0.15) is 0 Å². The normalized spacial score (nSPS) is 28.4. The van der Waals surface area contributed by atoms with Crippen LogP contribution in [0.4, 0.5) is 0 Å². The van der Waals surface area contributed by atoms with Crippen LogP contribution >= 0.6 is 0 Å². The Morgan fingerprint density at radius 2 is 1.47 bits per heavy atom. The molecule has 0 aliphatic carbocycles. The molecule has 0 aromatic carbocycles. The Kier molecular flexibility index (Phi) is 3.86. The lowest BCUT2D eigenvalue weighted by Crippen LogP contribution is -2.26. The van der Waals surface area contributed by atoms with Gasteiger partial charge in [0.2, 0.25) is 0 Å². The Morgan fingerprint density at radius 3 is 1.93 bits per heavy atom. The fourth-order valence-electron chi connectivity index (χ4n) is 2.54. The summed E-state index contributed by atoms with van der Waals surface area (Å²) in [4.78, 5) is 0. The van der Waals surface area contributed by atoms with Crippen molar-refractivity contribution in [3.63, 3.8) is 0 Å². The molecule has 2 atom stereocenters. The molecule has 0 aromatic rings. The van der Waals surface area contributed by atoms with Gasteiger partial charge in [0.05, 0.1) is 6.10 Å². The largest absolute Gasteiger partial charge is 0.378 e. The molecule has 1 saturated heterocycles. The van der Waals surface area contributed by atoms with Crippen LogP contribution in [0.25, 0.3) is 0 Å². The molecular formula is C14H28O. The highest BCUT2D eigenvalue weighted by molar-refractivity contribution is 4.83. The minimum Gasteiger partial charge on any atom is -0.378 e. The second-order valence-corrected chi connectivity index (χ2v) is 7.49. The first-order valence-corrected chi connectivity index (χ1v) is 6.29. The van der Waals surface area contributed by atoms with Crippen LogP contribution < -0.4 is 0 Å². The fourth-order valence-corrected chi connectivity index (χ4v) is 2.54. The highest BCUT2D eigenvalue weighted by Gasteiger charge is 2.33. The zero-order valence-electron chi connectivity index (χ0n) is 11.4. The first-order chi connectivity index (χ1) is 6.67. The first kappa shape index (κ1) is 13.0. The molecule has 0 unspecified atom stereocenters. The van der Waals surface area contributed by atoms with E-state index in [9.17, 15) is 0 Å². The average Bonchev–Trinajstić information content (AvgIpc) is 2.29. The van der Waals surface area contributed by atoms with Gasteiger partial charge in [-0.15, -0.1) is 0 Å². The summed E-state index contributed by atoms with van der Waals surface area (Å²) in [6, 6.07) is 0. The predicted octanol–water partition coefficient (Wildman–Crippen LogP) is 4.26. The maximum absolute atomic E-state index is 5.89. The highest BCUT2D eigenvalue weighted by atomic mass is 16.5. The third-order valence-electron chi connectivity index (χ3n) is 3.03. The van der Waals surface area contributed by atoms with Crippen LogP contribution in [-0.4, -0.2) is 12.7 Å². The number of ether oxygens (including phenoxy) is 1. The molecule has 0 spiro atoms. The quantitative estimate of drug-likeness (QED) is 0.664. The SMILES string of the molecule is CC(C)(C)C[C@H]1CCO[C@@H]1CC(C)(C)C. The molecule has 15 heavy (non-hydrogen) atoms. The van der Waals surface area contributed by atoms with Crippen molar-refractivity contribution in [2.45, 2.75) is 66.9 Å². The van der Waals surface area contributed by atoms with E-state index in [1.165, 1.54) is 19.3 Å². The molecule has 1 aliphatic rings. The molecule has 0 radical (unpaired) electrons. The molecule has 0 saturated carbocycles. The van der Waals surface area contributed by atoms with Gasteiger partial charge in [0, 0.05) is 6.61 Å². The monoisotopic (exact) mass is 212 g/mol. The van der Waals surface area contributed by atoms with Crippen molar-refractivity contribution in [1.82, 2.24) is 0 Å². The summed E-state index contributed by atoms with van der Waals surface area (Å²) in [5.41, 5.74) is 0.833. The van der Waals surface area contributed by atoms with E-state index in [1.807, 2.05) is 0 Å². The van der Waals surface area contributed by atoms with E-state index in [2.05, 4.69) is 41.5 Å². The lowest BCUT2D eigenvalue weighted by molar-refractivity contribution is 0.0467. The number of hydrogen-bond acceptors (Lipinski definition) is 1. The molecule has 1 heteroatoms. The molecule has 1 aliphatic heterocycles. The van der Waals surface area contributed by atoms with Crippen LogP contribution in [0.3, 0.4) is 0 Å². The second kappa shape index (κ2) is 4.45.